The Morgan fingerprint density at radius 3 is 2.89 bits per heavy atom. The van der Waals surface area contributed by atoms with Crippen molar-refractivity contribution in [3.8, 4) is 0 Å². The van der Waals surface area contributed by atoms with Gasteiger partial charge in [0.05, 0.1) is 5.51 Å². The van der Waals surface area contributed by atoms with Gasteiger partial charge in [-0.2, -0.15) is 0 Å². The number of aromatic carboxylic acids is 1. The Hall–Kier alpha value is -1.71. The van der Waals surface area contributed by atoms with Gasteiger partial charge in [-0.3, -0.25) is 4.98 Å². The zero-order valence-corrected chi connectivity index (χ0v) is 10.6. The second-order valence-corrected chi connectivity index (χ2v) is 6.08. The van der Waals surface area contributed by atoms with Crippen molar-refractivity contribution >= 4 is 27.3 Å². The fourth-order valence-corrected chi connectivity index (χ4v) is 2.86. The third kappa shape index (κ3) is 2.75. The van der Waals surface area contributed by atoms with Gasteiger partial charge in [0.2, 0.25) is 10.0 Å². The zero-order valence-electron chi connectivity index (χ0n) is 8.95. The number of carboxylic acid groups (broad SMARTS) is 1. The summed E-state index contributed by atoms with van der Waals surface area (Å²) in [5.74, 6) is -1.21. The average Bonchev–Trinajstić information content (AvgIpc) is 2.98. The zero-order chi connectivity index (χ0) is 13.2. The van der Waals surface area contributed by atoms with E-state index in [1.165, 1.54) is 11.3 Å². The molecular weight excluding hydrogens is 278 g/mol. The third-order valence-electron chi connectivity index (χ3n) is 2.12. The second-order valence-electron chi connectivity index (χ2n) is 3.35. The number of nitrogens with zero attached hydrogens (tertiary/aromatic N) is 1. The highest BCUT2D eigenvalue weighted by atomic mass is 32.2. The van der Waals surface area contributed by atoms with Crippen molar-refractivity contribution in [2.45, 2.75) is 11.4 Å². The van der Waals surface area contributed by atoms with Crippen LogP contribution in [0.15, 0.2) is 28.9 Å². The summed E-state index contributed by atoms with van der Waals surface area (Å²) in [6, 6.07) is 1.07. The lowest BCUT2D eigenvalue weighted by Crippen LogP contribution is -2.22. The fraction of sp³-hybridized carbons (Fsp3) is 0.111. The molecule has 18 heavy (non-hydrogen) atoms. The normalized spacial score (nSPS) is 11.6. The van der Waals surface area contributed by atoms with Crippen molar-refractivity contribution in [1.29, 1.82) is 0 Å². The first-order valence-electron chi connectivity index (χ1n) is 4.78. The van der Waals surface area contributed by atoms with Gasteiger partial charge in [-0.1, -0.05) is 0 Å². The molecule has 96 valence electrons. The summed E-state index contributed by atoms with van der Waals surface area (Å²) < 4.78 is 26.0. The van der Waals surface area contributed by atoms with Gasteiger partial charge in [0, 0.05) is 23.8 Å². The highest BCUT2D eigenvalue weighted by Crippen LogP contribution is 2.12. The molecule has 0 bridgehead atoms. The Balaban J connectivity index is 2.12. The van der Waals surface area contributed by atoms with Crippen LogP contribution in [0.1, 0.15) is 15.4 Å². The van der Waals surface area contributed by atoms with Gasteiger partial charge in [0.1, 0.15) is 10.6 Å². The van der Waals surface area contributed by atoms with E-state index < -0.39 is 16.0 Å². The van der Waals surface area contributed by atoms with Crippen LogP contribution in [-0.4, -0.2) is 29.5 Å². The van der Waals surface area contributed by atoms with Crippen LogP contribution in [0, 0.1) is 0 Å². The van der Waals surface area contributed by atoms with Crippen LogP contribution in [0.4, 0.5) is 0 Å². The first-order valence-corrected chi connectivity index (χ1v) is 7.14. The van der Waals surface area contributed by atoms with Crippen LogP contribution < -0.4 is 4.72 Å². The minimum absolute atomic E-state index is 0.107. The van der Waals surface area contributed by atoms with E-state index in [9.17, 15) is 13.2 Å². The number of thiazole rings is 1. The highest BCUT2D eigenvalue weighted by molar-refractivity contribution is 7.89. The molecule has 3 N–H and O–H groups in total. The molecule has 0 fully saturated rings. The quantitative estimate of drug-likeness (QED) is 0.747. The van der Waals surface area contributed by atoms with E-state index in [2.05, 4.69) is 14.7 Å². The maximum absolute atomic E-state index is 11.8. The molecule has 0 saturated heterocycles. The summed E-state index contributed by atoms with van der Waals surface area (Å²) in [6.07, 6.45) is 2.70. The number of hydrogen-bond donors (Lipinski definition) is 3. The maximum atomic E-state index is 11.8. The van der Waals surface area contributed by atoms with E-state index in [0.717, 1.165) is 17.1 Å². The monoisotopic (exact) mass is 287 g/mol. The van der Waals surface area contributed by atoms with E-state index >= 15 is 0 Å². The number of hydrogen-bond acceptors (Lipinski definition) is 5. The third-order valence-corrected chi connectivity index (χ3v) is 4.28. The SMILES string of the molecule is O=C(O)c1cc(S(=O)(=O)NCc2cncs2)c[nH]1. The van der Waals surface area contributed by atoms with Crippen molar-refractivity contribution in [2.75, 3.05) is 0 Å². The molecule has 2 rings (SSSR count). The van der Waals surface area contributed by atoms with Gasteiger partial charge in [0.25, 0.3) is 0 Å². The van der Waals surface area contributed by atoms with Crippen LogP contribution in [0.3, 0.4) is 0 Å². The summed E-state index contributed by atoms with van der Waals surface area (Å²) in [4.78, 5) is 17.5. The molecule has 0 radical (unpaired) electrons. The number of carboxylic acids is 1. The Bertz CT molecular complexity index is 645. The second kappa shape index (κ2) is 4.88. The van der Waals surface area contributed by atoms with Crippen LogP contribution in [-0.2, 0) is 16.6 Å². The standard InChI is InChI=1S/C9H9N3O4S2/c13-9(14)8-1-7(4-11-8)18(15,16)12-3-6-2-10-5-17-6/h1-2,4-5,11-12H,3H2,(H,13,14). The highest BCUT2D eigenvalue weighted by Gasteiger charge is 2.18. The van der Waals surface area contributed by atoms with Gasteiger partial charge in [-0.05, 0) is 6.07 Å². The molecule has 0 aromatic carbocycles. The average molecular weight is 287 g/mol. The molecule has 0 unspecified atom stereocenters. The van der Waals surface area contributed by atoms with Crippen molar-refractivity contribution < 1.29 is 18.3 Å². The molecule has 2 aromatic rings. The Labute approximate surface area is 107 Å². The number of sulfonamides is 1. The van der Waals surface area contributed by atoms with E-state index in [-0.39, 0.29) is 17.1 Å². The molecule has 0 aliphatic carbocycles. The van der Waals surface area contributed by atoms with Gasteiger partial charge < -0.3 is 10.1 Å². The smallest absolute Gasteiger partial charge is 0.352 e. The molecule has 2 aromatic heterocycles. The topological polar surface area (TPSA) is 112 Å². The minimum Gasteiger partial charge on any atom is -0.477 e. The van der Waals surface area contributed by atoms with Crippen LogP contribution in [0.5, 0.6) is 0 Å². The van der Waals surface area contributed by atoms with E-state index in [1.54, 1.807) is 11.7 Å². The van der Waals surface area contributed by atoms with Crippen LogP contribution in [0.25, 0.3) is 0 Å². The number of aromatic amines is 1. The summed E-state index contributed by atoms with van der Waals surface area (Å²) in [7, 11) is -3.71. The van der Waals surface area contributed by atoms with Crippen molar-refractivity contribution in [1.82, 2.24) is 14.7 Å². The van der Waals surface area contributed by atoms with Crippen molar-refractivity contribution in [2.24, 2.45) is 0 Å². The van der Waals surface area contributed by atoms with Gasteiger partial charge in [-0.15, -0.1) is 11.3 Å². The van der Waals surface area contributed by atoms with Gasteiger partial charge in [-0.25, -0.2) is 17.9 Å². The molecule has 0 aliphatic rings. The number of aromatic nitrogens is 2. The van der Waals surface area contributed by atoms with Gasteiger partial charge in [0.15, 0.2) is 0 Å². The summed E-state index contributed by atoms with van der Waals surface area (Å²) in [6.45, 7) is 0.126. The Kier molecular flexibility index (Phi) is 3.45. The molecule has 0 saturated carbocycles. The van der Waals surface area contributed by atoms with Crippen molar-refractivity contribution in [3.05, 3.63) is 34.5 Å². The molecule has 0 aliphatic heterocycles. The summed E-state index contributed by atoms with van der Waals surface area (Å²) in [5, 5.41) is 8.69. The largest absolute Gasteiger partial charge is 0.477 e. The van der Waals surface area contributed by atoms with Crippen LogP contribution in [0.2, 0.25) is 0 Å². The first kappa shape index (κ1) is 12.7. The molecule has 0 atom stereocenters. The fourth-order valence-electron chi connectivity index (χ4n) is 1.23. The molecule has 2 heterocycles. The summed E-state index contributed by atoms with van der Waals surface area (Å²) in [5.41, 5.74) is 1.43. The number of rotatable bonds is 5. The molecule has 9 heteroatoms. The molecule has 0 spiro atoms. The predicted molar refractivity (Wildman–Crippen MR) is 63.9 cm³/mol. The van der Waals surface area contributed by atoms with Gasteiger partial charge >= 0.3 is 5.97 Å². The number of nitrogens with one attached hydrogen (secondary N) is 2. The first-order chi connectivity index (χ1) is 8.49. The van der Waals surface area contributed by atoms with Crippen LogP contribution >= 0.6 is 11.3 Å². The number of H-pyrrole nitrogens is 1. The Morgan fingerprint density at radius 1 is 1.56 bits per heavy atom. The molecule has 7 nitrogen and oxygen atoms in total. The molecular formula is C9H9N3O4S2. The maximum Gasteiger partial charge on any atom is 0.352 e. The minimum atomic E-state index is -3.71. The summed E-state index contributed by atoms with van der Waals surface area (Å²) >= 11 is 1.33. The van der Waals surface area contributed by atoms with E-state index in [4.69, 9.17) is 5.11 Å². The van der Waals surface area contributed by atoms with Crippen molar-refractivity contribution in [3.63, 3.8) is 0 Å². The van der Waals surface area contributed by atoms with E-state index in [0.29, 0.717) is 0 Å². The number of carbonyl (C=O) groups is 1. The molecule has 0 amide bonds. The lowest BCUT2D eigenvalue weighted by Gasteiger charge is -2.02. The van der Waals surface area contributed by atoms with E-state index in [1.807, 2.05) is 0 Å². The lowest BCUT2D eigenvalue weighted by atomic mass is 10.4. The lowest BCUT2D eigenvalue weighted by molar-refractivity contribution is 0.0691. The predicted octanol–water partition coefficient (Wildman–Crippen LogP) is 0.648. The Morgan fingerprint density at radius 2 is 2.33 bits per heavy atom.